The number of para-hydroxylation sites is 1. The third-order valence-electron chi connectivity index (χ3n) is 5.57. The molecule has 11 nitrogen and oxygen atoms in total. The molecule has 0 heterocycles. The SMILES string of the molecule is CC(C)CC(NC(=O)C(C)N(C(=O)CNC(=O)CNC(=O)/C=C/c1ccc(O)cc1)c1ccccc1)C(=O)O. The van der Waals surface area contributed by atoms with Gasteiger partial charge in [0.15, 0.2) is 0 Å². The first-order valence-electron chi connectivity index (χ1n) is 12.4. The molecule has 2 unspecified atom stereocenters. The number of hydrogen-bond donors (Lipinski definition) is 5. The summed E-state index contributed by atoms with van der Waals surface area (Å²) in [5.41, 5.74) is 1.07. The summed E-state index contributed by atoms with van der Waals surface area (Å²) < 4.78 is 0. The van der Waals surface area contributed by atoms with Crippen LogP contribution >= 0.6 is 0 Å². The molecule has 0 saturated heterocycles. The number of benzene rings is 2. The van der Waals surface area contributed by atoms with Crippen LogP contribution in [0.5, 0.6) is 5.75 Å². The molecule has 0 fully saturated rings. The zero-order valence-electron chi connectivity index (χ0n) is 22.1. The molecule has 0 aliphatic carbocycles. The first kappa shape index (κ1) is 30.6. The number of phenols is 1. The van der Waals surface area contributed by atoms with Crippen LogP contribution in [0.1, 0.15) is 32.8 Å². The summed E-state index contributed by atoms with van der Waals surface area (Å²) in [5.74, 6) is -3.47. The summed E-state index contributed by atoms with van der Waals surface area (Å²) >= 11 is 0. The molecule has 2 rings (SSSR count). The Morgan fingerprint density at radius 1 is 0.897 bits per heavy atom. The second-order valence-electron chi connectivity index (χ2n) is 9.22. The van der Waals surface area contributed by atoms with Crippen molar-refractivity contribution in [2.24, 2.45) is 5.92 Å². The lowest BCUT2D eigenvalue weighted by molar-refractivity contribution is -0.142. The van der Waals surface area contributed by atoms with Gasteiger partial charge in [0.05, 0.1) is 13.1 Å². The van der Waals surface area contributed by atoms with Crippen LogP contribution in [-0.4, -0.2) is 65.0 Å². The van der Waals surface area contributed by atoms with Gasteiger partial charge in [-0.1, -0.05) is 44.2 Å². The lowest BCUT2D eigenvalue weighted by Gasteiger charge is -2.30. The average molecular weight is 539 g/mol. The number of nitrogens with zero attached hydrogens (tertiary/aromatic N) is 1. The van der Waals surface area contributed by atoms with Gasteiger partial charge in [0, 0.05) is 11.8 Å². The number of amides is 4. The largest absolute Gasteiger partial charge is 0.508 e. The zero-order chi connectivity index (χ0) is 28.9. The van der Waals surface area contributed by atoms with E-state index in [-0.39, 0.29) is 24.6 Å². The van der Waals surface area contributed by atoms with E-state index in [2.05, 4.69) is 16.0 Å². The van der Waals surface area contributed by atoms with Gasteiger partial charge in [0.25, 0.3) is 0 Å². The summed E-state index contributed by atoms with van der Waals surface area (Å²) in [4.78, 5) is 63.1. The molecule has 5 N–H and O–H groups in total. The molecule has 2 aromatic rings. The first-order valence-corrected chi connectivity index (χ1v) is 12.4. The van der Waals surface area contributed by atoms with Crippen LogP contribution in [-0.2, 0) is 24.0 Å². The second kappa shape index (κ2) is 14.9. The molecule has 0 spiro atoms. The quantitative estimate of drug-likeness (QED) is 0.242. The Bertz CT molecular complexity index is 1180. The van der Waals surface area contributed by atoms with Crippen LogP contribution in [0.3, 0.4) is 0 Å². The molecule has 208 valence electrons. The topological polar surface area (TPSA) is 165 Å². The zero-order valence-corrected chi connectivity index (χ0v) is 22.1. The number of carbonyl (C=O) groups is 5. The van der Waals surface area contributed by atoms with Gasteiger partial charge >= 0.3 is 5.97 Å². The van der Waals surface area contributed by atoms with Gasteiger partial charge in [-0.05, 0) is 55.2 Å². The van der Waals surface area contributed by atoms with Crippen LogP contribution in [0.15, 0.2) is 60.7 Å². The van der Waals surface area contributed by atoms with Gasteiger partial charge in [-0.3, -0.25) is 24.1 Å². The third kappa shape index (κ3) is 10.3. The first-order chi connectivity index (χ1) is 18.5. The Kier molecular flexibility index (Phi) is 11.7. The number of nitrogens with one attached hydrogen (secondary N) is 3. The minimum atomic E-state index is -1.17. The number of aromatic hydroxyl groups is 1. The van der Waals surface area contributed by atoms with Crippen LogP contribution in [0, 0.1) is 5.92 Å². The molecule has 0 radical (unpaired) electrons. The van der Waals surface area contributed by atoms with Gasteiger partial charge in [0.1, 0.15) is 17.8 Å². The van der Waals surface area contributed by atoms with Gasteiger partial charge in [-0.2, -0.15) is 0 Å². The van der Waals surface area contributed by atoms with E-state index in [1.807, 2.05) is 13.8 Å². The number of carbonyl (C=O) groups excluding carboxylic acids is 4. The maximum atomic E-state index is 13.1. The molecule has 2 atom stereocenters. The smallest absolute Gasteiger partial charge is 0.326 e. The van der Waals surface area contributed by atoms with E-state index in [1.165, 1.54) is 36.1 Å². The number of phenolic OH excluding ortho intramolecular Hbond substituents is 1. The molecule has 39 heavy (non-hydrogen) atoms. The van der Waals surface area contributed by atoms with Crippen molar-refractivity contribution < 1.29 is 34.2 Å². The fraction of sp³-hybridized carbons (Fsp3) is 0.321. The molecule has 0 aliphatic rings. The van der Waals surface area contributed by atoms with Gasteiger partial charge in [-0.25, -0.2) is 4.79 Å². The van der Waals surface area contributed by atoms with Crippen LogP contribution in [0.2, 0.25) is 0 Å². The molecule has 2 aromatic carbocycles. The molecule has 0 aromatic heterocycles. The van der Waals surface area contributed by atoms with Crippen molar-refractivity contribution in [1.29, 1.82) is 0 Å². The number of carboxylic acid groups (broad SMARTS) is 1. The lowest BCUT2D eigenvalue weighted by Crippen LogP contribution is -2.54. The molecular formula is C28H34N4O7. The van der Waals surface area contributed by atoms with Crippen molar-refractivity contribution in [3.05, 3.63) is 66.2 Å². The maximum Gasteiger partial charge on any atom is 0.326 e. The number of aliphatic carboxylic acids is 1. The fourth-order valence-electron chi connectivity index (χ4n) is 3.58. The Morgan fingerprint density at radius 2 is 1.54 bits per heavy atom. The van der Waals surface area contributed by atoms with Crippen LogP contribution in [0.4, 0.5) is 5.69 Å². The molecule has 11 heteroatoms. The Balaban J connectivity index is 1.98. The average Bonchev–Trinajstić information content (AvgIpc) is 2.90. The summed E-state index contributed by atoms with van der Waals surface area (Å²) in [6, 6.07) is 12.3. The number of carboxylic acids is 1. The van der Waals surface area contributed by atoms with Crippen molar-refractivity contribution in [2.45, 2.75) is 39.3 Å². The van der Waals surface area contributed by atoms with Crippen LogP contribution < -0.4 is 20.9 Å². The molecule has 4 amide bonds. The van der Waals surface area contributed by atoms with Gasteiger partial charge < -0.3 is 26.2 Å². The van der Waals surface area contributed by atoms with Gasteiger partial charge in [-0.15, -0.1) is 0 Å². The number of anilines is 1. The summed E-state index contributed by atoms with van der Waals surface area (Å²) in [6.45, 7) is 4.30. The molecule has 0 bridgehead atoms. The number of rotatable bonds is 13. The Hall–Kier alpha value is -4.67. The van der Waals surface area contributed by atoms with Crippen LogP contribution in [0.25, 0.3) is 6.08 Å². The summed E-state index contributed by atoms with van der Waals surface area (Å²) in [5, 5.41) is 26.1. The molecule has 0 aliphatic heterocycles. The van der Waals surface area contributed by atoms with Crippen molar-refractivity contribution in [3.63, 3.8) is 0 Å². The molecular weight excluding hydrogens is 504 g/mol. The van der Waals surface area contributed by atoms with E-state index in [1.54, 1.807) is 42.5 Å². The van der Waals surface area contributed by atoms with Gasteiger partial charge in [0.2, 0.25) is 23.6 Å². The number of hydrogen-bond acceptors (Lipinski definition) is 6. The highest BCUT2D eigenvalue weighted by Crippen LogP contribution is 2.18. The minimum Gasteiger partial charge on any atom is -0.508 e. The predicted octanol–water partition coefficient (Wildman–Crippen LogP) is 1.68. The van der Waals surface area contributed by atoms with E-state index in [0.717, 1.165) is 0 Å². The lowest BCUT2D eigenvalue weighted by atomic mass is 10.0. The van der Waals surface area contributed by atoms with E-state index < -0.39 is 48.2 Å². The van der Waals surface area contributed by atoms with Crippen molar-refractivity contribution in [1.82, 2.24) is 16.0 Å². The summed E-state index contributed by atoms with van der Waals surface area (Å²) in [7, 11) is 0. The van der Waals surface area contributed by atoms with Crippen molar-refractivity contribution in [2.75, 3.05) is 18.0 Å². The molecule has 0 saturated carbocycles. The van der Waals surface area contributed by atoms with Crippen molar-refractivity contribution in [3.8, 4) is 5.75 Å². The maximum absolute atomic E-state index is 13.1. The highest BCUT2D eigenvalue weighted by molar-refractivity contribution is 6.03. The van der Waals surface area contributed by atoms with E-state index >= 15 is 0 Å². The third-order valence-corrected chi connectivity index (χ3v) is 5.57. The highest BCUT2D eigenvalue weighted by Gasteiger charge is 2.30. The Labute approximate surface area is 226 Å². The predicted molar refractivity (Wildman–Crippen MR) is 146 cm³/mol. The second-order valence-corrected chi connectivity index (χ2v) is 9.22. The highest BCUT2D eigenvalue weighted by atomic mass is 16.4. The van der Waals surface area contributed by atoms with E-state index in [4.69, 9.17) is 0 Å². The summed E-state index contributed by atoms with van der Waals surface area (Å²) in [6.07, 6.45) is 2.96. The van der Waals surface area contributed by atoms with Crippen molar-refractivity contribution >= 4 is 41.4 Å². The standard InChI is InChI=1S/C28H34N4O7/c1-18(2)15-23(28(38)39)31-27(37)19(3)32(21-7-5-4-6-8-21)26(36)17-30-25(35)16-29-24(34)14-11-20-9-12-22(33)13-10-20/h4-14,18-19,23,33H,15-17H2,1-3H3,(H,29,34)(H,30,35)(H,31,37)(H,38,39)/b14-11+. The van der Waals surface area contributed by atoms with E-state index in [0.29, 0.717) is 11.3 Å². The minimum absolute atomic E-state index is 0.0209. The monoisotopic (exact) mass is 538 g/mol. The normalized spacial score (nSPS) is 12.4. The van der Waals surface area contributed by atoms with E-state index in [9.17, 15) is 34.2 Å². The fourth-order valence-corrected chi connectivity index (χ4v) is 3.58. The Morgan fingerprint density at radius 3 is 2.13 bits per heavy atom.